The molecule has 2 aromatic rings. The zero-order valence-electron chi connectivity index (χ0n) is 16.3. The zero-order valence-corrected chi connectivity index (χ0v) is 16.3. The Balaban J connectivity index is 1.97. The summed E-state index contributed by atoms with van der Waals surface area (Å²) in [6, 6.07) is 14.4. The number of carbonyl (C=O) groups is 2. The summed E-state index contributed by atoms with van der Waals surface area (Å²) in [5.41, 5.74) is 0.859. The Kier molecular flexibility index (Phi) is 5.58. The van der Waals surface area contributed by atoms with E-state index in [2.05, 4.69) is 0 Å². The van der Waals surface area contributed by atoms with Gasteiger partial charge in [-0.05, 0) is 55.5 Å². The summed E-state index contributed by atoms with van der Waals surface area (Å²) in [6.45, 7) is 3.68. The van der Waals surface area contributed by atoms with E-state index < -0.39 is 17.6 Å². The number of hydrogen-bond acceptors (Lipinski definition) is 4. The van der Waals surface area contributed by atoms with E-state index in [1.807, 2.05) is 42.5 Å². The summed E-state index contributed by atoms with van der Waals surface area (Å²) >= 11 is 0. The van der Waals surface area contributed by atoms with Crippen molar-refractivity contribution in [1.82, 2.24) is 4.90 Å². The molecule has 1 aliphatic carbocycles. The molecule has 0 saturated carbocycles. The highest BCUT2D eigenvalue weighted by Gasteiger charge is 2.54. The Morgan fingerprint density at radius 2 is 1.89 bits per heavy atom. The molecule has 0 aliphatic heterocycles. The van der Waals surface area contributed by atoms with Crippen LogP contribution in [0, 0.1) is 0 Å². The van der Waals surface area contributed by atoms with Crippen molar-refractivity contribution in [2.75, 3.05) is 7.11 Å². The van der Waals surface area contributed by atoms with Gasteiger partial charge in [-0.3, -0.25) is 4.90 Å². The summed E-state index contributed by atoms with van der Waals surface area (Å²) in [7, 11) is 1.54. The van der Waals surface area contributed by atoms with Crippen molar-refractivity contribution in [2.24, 2.45) is 0 Å². The minimum absolute atomic E-state index is 0.0869. The van der Waals surface area contributed by atoms with Crippen LogP contribution in [0.1, 0.15) is 37.0 Å². The van der Waals surface area contributed by atoms with Crippen molar-refractivity contribution in [3.8, 4) is 5.75 Å². The van der Waals surface area contributed by atoms with Crippen LogP contribution < -0.4 is 4.74 Å². The molecule has 0 bridgehead atoms. The third-order valence-electron chi connectivity index (χ3n) is 5.20. The van der Waals surface area contributed by atoms with Gasteiger partial charge in [0.1, 0.15) is 12.4 Å². The molecule has 0 spiro atoms. The maximum atomic E-state index is 13.0. The molecule has 28 heavy (non-hydrogen) atoms. The first-order valence-corrected chi connectivity index (χ1v) is 9.31. The van der Waals surface area contributed by atoms with E-state index in [0.29, 0.717) is 24.2 Å². The van der Waals surface area contributed by atoms with Crippen LogP contribution in [0.15, 0.2) is 48.5 Å². The summed E-state index contributed by atoms with van der Waals surface area (Å²) in [6.07, 6.45) is 0.224. The average Bonchev–Trinajstić information content (AvgIpc) is 3.06. The second-order valence-electron chi connectivity index (χ2n) is 7.19. The van der Waals surface area contributed by atoms with Crippen LogP contribution in [0.2, 0.25) is 0 Å². The average molecular weight is 383 g/mol. The maximum absolute atomic E-state index is 13.0. The Morgan fingerprint density at radius 3 is 2.50 bits per heavy atom. The second kappa shape index (κ2) is 7.92. The Labute approximate surface area is 164 Å². The minimum Gasteiger partial charge on any atom is -0.497 e. The van der Waals surface area contributed by atoms with Gasteiger partial charge >= 0.3 is 12.1 Å². The first-order valence-electron chi connectivity index (χ1n) is 9.31. The van der Waals surface area contributed by atoms with Crippen LogP contribution in [0.3, 0.4) is 0 Å². The maximum Gasteiger partial charge on any atom is 0.411 e. The number of carboxylic acids is 1. The molecule has 3 rings (SSSR count). The third kappa shape index (κ3) is 3.42. The van der Waals surface area contributed by atoms with E-state index in [1.54, 1.807) is 19.9 Å². The third-order valence-corrected chi connectivity index (χ3v) is 5.20. The first-order chi connectivity index (χ1) is 13.4. The number of aryl methyl sites for hydroxylation is 1. The van der Waals surface area contributed by atoms with Crippen molar-refractivity contribution in [1.29, 1.82) is 0 Å². The van der Waals surface area contributed by atoms with Crippen molar-refractivity contribution in [3.05, 3.63) is 65.2 Å². The van der Waals surface area contributed by atoms with Crippen molar-refractivity contribution >= 4 is 12.1 Å². The van der Waals surface area contributed by atoms with E-state index >= 15 is 0 Å². The van der Waals surface area contributed by atoms with E-state index in [0.717, 1.165) is 11.1 Å². The highest BCUT2D eigenvalue weighted by atomic mass is 16.6. The van der Waals surface area contributed by atoms with Crippen LogP contribution in [0.4, 0.5) is 4.79 Å². The van der Waals surface area contributed by atoms with Crippen molar-refractivity contribution < 1.29 is 24.2 Å². The lowest BCUT2D eigenvalue weighted by molar-refractivity contribution is -0.152. The number of hydrogen-bond donors (Lipinski definition) is 1. The molecular weight excluding hydrogens is 358 g/mol. The largest absolute Gasteiger partial charge is 0.497 e. The number of carbonyl (C=O) groups excluding carboxylic acids is 1. The lowest BCUT2D eigenvalue weighted by atomic mass is 9.88. The Bertz CT molecular complexity index is 864. The van der Waals surface area contributed by atoms with Crippen molar-refractivity contribution in [3.63, 3.8) is 0 Å². The van der Waals surface area contributed by atoms with Crippen molar-refractivity contribution in [2.45, 2.75) is 44.9 Å². The van der Waals surface area contributed by atoms with Gasteiger partial charge in [-0.2, -0.15) is 0 Å². The summed E-state index contributed by atoms with van der Waals surface area (Å²) in [5.74, 6) is -0.502. The number of rotatable bonds is 6. The molecule has 0 saturated heterocycles. The van der Waals surface area contributed by atoms with Crippen LogP contribution in [-0.2, 0) is 28.1 Å². The number of methoxy groups -OCH3 is 1. The van der Waals surface area contributed by atoms with E-state index in [4.69, 9.17) is 9.47 Å². The van der Waals surface area contributed by atoms with Gasteiger partial charge in [-0.15, -0.1) is 0 Å². The number of amides is 1. The molecule has 1 amide bonds. The van der Waals surface area contributed by atoms with E-state index in [-0.39, 0.29) is 12.6 Å². The fourth-order valence-corrected chi connectivity index (χ4v) is 3.91. The van der Waals surface area contributed by atoms with Gasteiger partial charge in [0.05, 0.1) is 7.11 Å². The van der Waals surface area contributed by atoms with Crippen LogP contribution >= 0.6 is 0 Å². The monoisotopic (exact) mass is 383 g/mol. The highest BCUT2D eigenvalue weighted by molar-refractivity contribution is 5.88. The topological polar surface area (TPSA) is 76.1 Å². The molecule has 6 nitrogen and oxygen atoms in total. The molecule has 0 heterocycles. The lowest BCUT2D eigenvalue weighted by Crippen LogP contribution is -2.56. The van der Waals surface area contributed by atoms with Gasteiger partial charge in [-0.1, -0.05) is 36.4 Å². The number of fused-ring (bicyclic) bond motifs is 1. The first kappa shape index (κ1) is 19.7. The van der Waals surface area contributed by atoms with Gasteiger partial charge in [0.15, 0.2) is 5.54 Å². The number of aliphatic carboxylic acids is 1. The molecular formula is C22H25NO5. The molecule has 1 unspecified atom stereocenters. The van der Waals surface area contributed by atoms with Gasteiger partial charge < -0.3 is 14.6 Å². The van der Waals surface area contributed by atoms with Gasteiger partial charge in [0.2, 0.25) is 0 Å². The summed E-state index contributed by atoms with van der Waals surface area (Å²) < 4.78 is 10.8. The van der Waals surface area contributed by atoms with Gasteiger partial charge in [-0.25, -0.2) is 9.59 Å². The molecule has 1 atom stereocenters. The molecule has 148 valence electrons. The Hall–Kier alpha value is -3.02. The number of nitrogens with zero attached hydrogens (tertiary/aromatic N) is 1. The normalized spacial score (nSPS) is 17.9. The Morgan fingerprint density at radius 1 is 1.18 bits per heavy atom. The zero-order chi connectivity index (χ0) is 20.3. The highest BCUT2D eigenvalue weighted by Crippen LogP contribution is 2.45. The van der Waals surface area contributed by atoms with Crippen LogP contribution in [0.5, 0.6) is 5.75 Å². The van der Waals surface area contributed by atoms with Gasteiger partial charge in [0, 0.05) is 6.04 Å². The predicted octanol–water partition coefficient (Wildman–Crippen LogP) is 3.97. The summed E-state index contributed by atoms with van der Waals surface area (Å²) in [4.78, 5) is 26.9. The molecule has 0 aromatic heterocycles. The lowest BCUT2D eigenvalue weighted by Gasteiger charge is -2.40. The van der Waals surface area contributed by atoms with Gasteiger partial charge in [0.25, 0.3) is 0 Å². The molecule has 1 aliphatic rings. The standard InChI is InChI=1S/C22H25NO5/c1-15(2)23(21(26)28-14-16-7-5-4-6-8-16)22(20(24)25)12-11-17-9-10-18(27-3)13-19(17)22/h4-10,13,15H,11-12,14H2,1-3H3,(H,24,25). The number of benzene rings is 2. The van der Waals surface area contributed by atoms with E-state index in [1.165, 1.54) is 12.0 Å². The number of carboxylic acid groups (broad SMARTS) is 1. The molecule has 0 fully saturated rings. The SMILES string of the molecule is COc1ccc2c(c1)C(C(=O)O)(N(C(=O)OCc1ccccc1)C(C)C)CC2. The predicted molar refractivity (Wildman–Crippen MR) is 104 cm³/mol. The fraction of sp³-hybridized carbons (Fsp3) is 0.364. The fourth-order valence-electron chi connectivity index (χ4n) is 3.91. The molecule has 1 N–H and O–H groups in total. The molecule has 6 heteroatoms. The van der Waals surface area contributed by atoms with Crippen LogP contribution in [0.25, 0.3) is 0 Å². The van der Waals surface area contributed by atoms with E-state index in [9.17, 15) is 14.7 Å². The second-order valence-corrected chi connectivity index (χ2v) is 7.19. The number of ether oxygens (including phenoxy) is 2. The minimum atomic E-state index is -1.48. The molecule has 2 aromatic carbocycles. The summed E-state index contributed by atoms with van der Waals surface area (Å²) in [5, 5.41) is 10.2. The molecule has 0 radical (unpaired) electrons. The quantitative estimate of drug-likeness (QED) is 0.817. The van der Waals surface area contributed by atoms with Crippen LogP contribution in [-0.4, -0.2) is 35.2 Å². The smallest absolute Gasteiger partial charge is 0.411 e.